The summed E-state index contributed by atoms with van der Waals surface area (Å²) in [6.45, 7) is 9.01. The summed E-state index contributed by atoms with van der Waals surface area (Å²) < 4.78 is 0. The fourth-order valence-corrected chi connectivity index (χ4v) is 3.74. The standard InChI is InChI=1S/C20H39N3S/c1-3-5-13-21-15-8-11-20(18-24,19-10-7-17-23-19)12-9-16-22-14-6-4-2/h7,10,17,21-24H,3-6,8-9,11-16,18H2,1-2H3. The van der Waals surface area contributed by atoms with Crippen molar-refractivity contribution >= 4 is 12.6 Å². The molecule has 0 fully saturated rings. The lowest BCUT2D eigenvalue weighted by Crippen LogP contribution is -2.32. The summed E-state index contributed by atoms with van der Waals surface area (Å²) in [4.78, 5) is 3.46. The van der Waals surface area contributed by atoms with Crippen molar-refractivity contribution < 1.29 is 0 Å². The smallest absolute Gasteiger partial charge is 0.0218 e. The van der Waals surface area contributed by atoms with E-state index >= 15 is 0 Å². The summed E-state index contributed by atoms with van der Waals surface area (Å²) in [6, 6.07) is 4.36. The first-order chi connectivity index (χ1) is 11.8. The van der Waals surface area contributed by atoms with Crippen LogP contribution in [-0.2, 0) is 5.41 Å². The highest BCUT2D eigenvalue weighted by Crippen LogP contribution is 2.34. The van der Waals surface area contributed by atoms with E-state index in [1.165, 1.54) is 57.1 Å². The Morgan fingerprint density at radius 1 is 0.917 bits per heavy atom. The topological polar surface area (TPSA) is 39.8 Å². The van der Waals surface area contributed by atoms with Gasteiger partial charge in [0.1, 0.15) is 0 Å². The van der Waals surface area contributed by atoms with Crippen molar-refractivity contribution in [3.05, 3.63) is 24.0 Å². The molecule has 24 heavy (non-hydrogen) atoms. The fraction of sp³-hybridized carbons (Fsp3) is 0.800. The second-order valence-electron chi connectivity index (χ2n) is 6.94. The van der Waals surface area contributed by atoms with Crippen LogP contribution in [0.2, 0.25) is 0 Å². The van der Waals surface area contributed by atoms with Crippen LogP contribution in [0.25, 0.3) is 0 Å². The molecule has 0 saturated heterocycles. The van der Waals surface area contributed by atoms with Gasteiger partial charge in [0.15, 0.2) is 0 Å². The van der Waals surface area contributed by atoms with E-state index in [1.807, 2.05) is 6.20 Å². The van der Waals surface area contributed by atoms with Gasteiger partial charge in [-0.1, -0.05) is 26.7 Å². The SMILES string of the molecule is CCCCNCCCC(CS)(CCCNCCCC)c1ccc[nH]1. The molecule has 0 bridgehead atoms. The third-order valence-corrected chi connectivity index (χ3v) is 5.51. The molecule has 0 atom stereocenters. The van der Waals surface area contributed by atoms with Gasteiger partial charge in [0, 0.05) is 23.1 Å². The number of nitrogens with one attached hydrogen (secondary N) is 3. The average molecular weight is 354 g/mol. The molecule has 140 valence electrons. The molecule has 0 aliphatic rings. The summed E-state index contributed by atoms with van der Waals surface area (Å²) in [5, 5.41) is 7.14. The van der Waals surface area contributed by atoms with Gasteiger partial charge < -0.3 is 15.6 Å². The zero-order chi connectivity index (χ0) is 17.5. The van der Waals surface area contributed by atoms with Gasteiger partial charge in [-0.3, -0.25) is 0 Å². The van der Waals surface area contributed by atoms with Gasteiger partial charge in [-0.2, -0.15) is 12.6 Å². The van der Waals surface area contributed by atoms with E-state index in [2.05, 4.69) is 41.6 Å². The summed E-state index contributed by atoms with van der Waals surface area (Å²) in [5.41, 5.74) is 1.55. The molecular weight excluding hydrogens is 314 g/mol. The van der Waals surface area contributed by atoms with Crippen molar-refractivity contribution in [1.82, 2.24) is 15.6 Å². The Morgan fingerprint density at radius 2 is 1.46 bits per heavy atom. The first-order valence-corrected chi connectivity index (χ1v) is 10.6. The maximum absolute atomic E-state index is 4.74. The van der Waals surface area contributed by atoms with Gasteiger partial charge in [-0.15, -0.1) is 0 Å². The number of hydrogen-bond acceptors (Lipinski definition) is 3. The van der Waals surface area contributed by atoms with Gasteiger partial charge >= 0.3 is 0 Å². The molecule has 0 aromatic carbocycles. The van der Waals surface area contributed by atoms with Gasteiger partial charge in [0.2, 0.25) is 0 Å². The quantitative estimate of drug-likeness (QED) is 0.261. The first-order valence-electron chi connectivity index (χ1n) is 9.95. The van der Waals surface area contributed by atoms with Crippen molar-refractivity contribution in [3.63, 3.8) is 0 Å². The van der Waals surface area contributed by atoms with Crippen LogP contribution in [0.5, 0.6) is 0 Å². The molecule has 0 saturated carbocycles. The van der Waals surface area contributed by atoms with Crippen LogP contribution in [0, 0.1) is 0 Å². The molecule has 0 radical (unpaired) electrons. The monoisotopic (exact) mass is 353 g/mol. The minimum atomic E-state index is 0.186. The van der Waals surface area contributed by atoms with E-state index < -0.39 is 0 Å². The highest BCUT2D eigenvalue weighted by molar-refractivity contribution is 7.80. The Hall–Kier alpha value is -0.450. The summed E-state index contributed by atoms with van der Waals surface area (Å²) >= 11 is 4.74. The summed E-state index contributed by atoms with van der Waals surface area (Å²) in [5.74, 6) is 0.914. The second kappa shape index (κ2) is 13.8. The molecule has 0 spiro atoms. The van der Waals surface area contributed by atoms with Crippen LogP contribution >= 0.6 is 12.6 Å². The molecule has 1 rings (SSSR count). The second-order valence-corrected chi connectivity index (χ2v) is 7.25. The highest BCUT2D eigenvalue weighted by Gasteiger charge is 2.30. The van der Waals surface area contributed by atoms with Gasteiger partial charge in [-0.05, 0) is 76.8 Å². The normalized spacial score (nSPS) is 12.0. The molecule has 0 amide bonds. The van der Waals surface area contributed by atoms with Crippen LogP contribution in [0.15, 0.2) is 18.3 Å². The first kappa shape index (κ1) is 21.6. The highest BCUT2D eigenvalue weighted by atomic mass is 32.1. The molecular formula is C20H39N3S. The lowest BCUT2D eigenvalue weighted by atomic mass is 9.77. The molecule has 0 unspecified atom stereocenters. The largest absolute Gasteiger partial charge is 0.365 e. The van der Waals surface area contributed by atoms with Crippen LogP contribution in [-0.4, -0.2) is 36.9 Å². The van der Waals surface area contributed by atoms with Gasteiger partial charge in [-0.25, -0.2) is 0 Å². The number of thiol groups is 1. The van der Waals surface area contributed by atoms with Crippen LogP contribution in [0.3, 0.4) is 0 Å². The minimum Gasteiger partial charge on any atom is -0.365 e. The van der Waals surface area contributed by atoms with Crippen molar-refractivity contribution in [1.29, 1.82) is 0 Å². The number of rotatable bonds is 16. The summed E-state index contributed by atoms with van der Waals surface area (Å²) in [7, 11) is 0. The Labute approximate surface area is 155 Å². The van der Waals surface area contributed by atoms with Gasteiger partial charge in [0.05, 0.1) is 0 Å². The third-order valence-electron chi connectivity index (χ3n) is 4.90. The number of hydrogen-bond donors (Lipinski definition) is 4. The van der Waals surface area contributed by atoms with Crippen molar-refractivity contribution in [2.24, 2.45) is 0 Å². The summed E-state index contributed by atoms with van der Waals surface area (Å²) in [6.07, 6.45) is 12.0. The fourth-order valence-electron chi connectivity index (χ4n) is 3.25. The van der Waals surface area contributed by atoms with E-state index in [0.29, 0.717) is 0 Å². The molecule has 0 aliphatic carbocycles. The molecule has 3 N–H and O–H groups in total. The Kier molecular flexibility index (Phi) is 12.4. The average Bonchev–Trinajstić information content (AvgIpc) is 3.14. The van der Waals surface area contributed by atoms with E-state index in [4.69, 9.17) is 12.6 Å². The van der Waals surface area contributed by atoms with Gasteiger partial charge in [0.25, 0.3) is 0 Å². The molecule has 1 aromatic heterocycles. The Bertz CT molecular complexity index is 362. The van der Waals surface area contributed by atoms with E-state index in [1.54, 1.807) is 0 Å². The zero-order valence-electron chi connectivity index (χ0n) is 15.9. The molecule has 3 nitrogen and oxygen atoms in total. The van der Waals surface area contributed by atoms with E-state index in [9.17, 15) is 0 Å². The molecule has 1 heterocycles. The number of aromatic amines is 1. The van der Waals surface area contributed by atoms with Crippen LogP contribution < -0.4 is 10.6 Å². The third kappa shape index (κ3) is 8.09. The predicted molar refractivity (Wildman–Crippen MR) is 110 cm³/mol. The van der Waals surface area contributed by atoms with E-state index in [-0.39, 0.29) is 5.41 Å². The predicted octanol–water partition coefficient (Wildman–Crippen LogP) is 4.52. The lowest BCUT2D eigenvalue weighted by Gasteiger charge is -2.32. The van der Waals surface area contributed by atoms with Crippen molar-refractivity contribution in [3.8, 4) is 0 Å². The maximum atomic E-state index is 4.74. The molecule has 4 heteroatoms. The van der Waals surface area contributed by atoms with Crippen LogP contribution in [0.1, 0.15) is 70.9 Å². The number of unbranched alkanes of at least 4 members (excludes halogenated alkanes) is 2. The Morgan fingerprint density at radius 3 is 1.88 bits per heavy atom. The van der Waals surface area contributed by atoms with Crippen molar-refractivity contribution in [2.45, 2.75) is 70.6 Å². The van der Waals surface area contributed by atoms with Crippen molar-refractivity contribution in [2.75, 3.05) is 31.9 Å². The molecule has 1 aromatic rings. The van der Waals surface area contributed by atoms with E-state index in [0.717, 1.165) is 31.9 Å². The maximum Gasteiger partial charge on any atom is 0.0218 e. The minimum absolute atomic E-state index is 0.186. The number of aromatic nitrogens is 1. The van der Waals surface area contributed by atoms with Crippen LogP contribution in [0.4, 0.5) is 0 Å². The Balaban J connectivity index is 2.44. The molecule has 0 aliphatic heterocycles. The lowest BCUT2D eigenvalue weighted by molar-refractivity contribution is 0.369. The number of H-pyrrole nitrogens is 1. The zero-order valence-corrected chi connectivity index (χ0v) is 16.8.